The van der Waals surface area contributed by atoms with E-state index in [1.807, 2.05) is 0 Å². The van der Waals surface area contributed by atoms with Crippen LogP contribution in [0.1, 0.15) is 12.8 Å². The Hall–Kier alpha value is -1.65. The average molecular weight is 402 g/mol. The first-order valence-electron chi connectivity index (χ1n) is 6.56. The molecule has 0 fully saturated rings. The molecule has 9 nitrogen and oxygen atoms in total. The van der Waals surface area contributed by atoms with E-state index in [1.165, 1.54) is 0 Å². The summed E-state index contributed by atoms with van der Waals surface area (Å²) in [5.74, 6) is -3.82. The number of carboxylic acid groups (broad SMARTS) is 2. The van der Waals surface area contributed by atoms with E-state index >= 15 is 0 Å². The monoisotopic (exact) mass is 401 g/mol. The highest BCUT2D eigenvalue weighted by Crippen LogP contribution is 2.06. The van der Waals surface area contributed by atoms with E-state index < -0.39 is 42.4 Å². The van der Waals surface area contributed by atoms with E-state index in [4.69, 9.17) is 33.4 Å². The summed E-state index contributed by atoms with van der Waals surface area (Å²) < 4.78 is 0. The fourth-order valence-corrected chi connectivity index (χ4v) is 1.93. The Bertz CT molecular complexity index is 517. The Kier molecular flexibility index (Phi) is 11.0. The van der Waals surface area contributed by atoms with Gasteiger partial charge in [-0.25, -0.2) is 4.79 Å². The van der Waals surface area contributed by atoms with Gasteiger partial charge in [-0.05, 0) is 6.42 Å². The molecule has 0 aromatic heterocycles. The summed E-state index contributed by atoms with van der Waals surface area (Å²) in [6.45, 7) is -0.590. The SMILES string of the molecule is O=C(O)CNC(=O)[C@H](CS)NC(=O)CC[C@H](NC(Cl)=CCl)C(=O)O. The molecule has 0 radical (unpaired) electrons. The standard InChI is InChI=1S/C12H17Cl2N3O6S/c13-3-8(14)16-6(12(22)23)1-2-9(18)17-7(5-24)11(21)15-4-10(19)20/h3,6-7,16,24H,1-2,4-5H2,(H,15,21)(H,17,18)(H,19,20)(H,22,23)/t6-,7-/m0/s1. The average Bonchev–Trinajstić information content (AvgIpc) is 2.53. The minimum absolute atomic E-state index is 0.0569. The van der Waals surface area contributed by atoms with Crippen LogP contribution in [0.5, 0.6) is 0 Å². The van der Waals surface area contributed by atoms with Crippen molar-refractivity contribution in [2.24, 2.45) is 0 Å². The molecule has 0 unspecified atom stereocenters. The fourth-order valence-electron chi connectivity index (χ4n) is 1.48. The lowest BCUT2D eigenvalue weighted by molar-refractivity contribution is -0.139. The number of thiol groups is 1. The van der Waals surface area contributed by atoms with Crippen LogP contribution in [0.15, 0.2) is 10.7 Å². The van der Waals surface area contributed by atoms with Crippen molar-refractivity contribution in [3.05, 3.63) is 10.7 Å². The van der Waals surface area contributed by atoms with Crippen LogP contribution in [0.2, 0.25) is 0 Å². The second-order valence-corrected chi connectivity index (χ2v) is 5.44. The van der Waals surface area contributed by atoms with Crippen LogP contribution >= 0.6 is 35.8 Å². The second-order valence-electron chi connectivity index (χ2n) is 4.45. The van der Waals surface area contributed by atoms with Crippen molar-refractivity contribution in [2.75, 3.05) is 12.3 Å². The predicted molar refractivity (Wildman–Crippen MR) is 90.0 cm³/mol. The molecule has 0 bridgehead atoms. The fraction of sp³-hybridized carbons (Fsp3) is 0.500. The van der Waals surface area contributed by atoms with Crippen molar-refractivity contribution in [1.29, 1.82) is 0 Å². The molecular formula is C12H17Cl2N3O6S. The van der Waals surface area contributed by atoms with Crippen molar-refractivity contribution in [1.82, 2.24) is 16.0 Å². The van der Waals surface area contributed by atoms with E-state index in [2.05, 4.69) is 28.6 Å². The highest BCUT2D eigenvalue weighted by molar-refractivity contribution is 7.80. The van der Waals surface area contributed by atoms with Gasteiger partial charge >= 0.3 is 11.9 Å². The summed E-state index contributed by atoms with van der Waals surface area (Å²) in [6.07, 6.45) is -0.328. The van der Waals surface area contributed by atoms with Crippen LogP contribution in [0.25, 0.3) is 0 Å². The second kappa shape index (κ2) is 11.8. The number of hydrogen-bond donors (Lipinski definition) is 6. The zero-order valence-electron chi connectivity index (χ0n) is 12.3. The lowest BCUT2D eigenvalue weighted by Crippen LogP contribution is -2.49. The summed E-state index contributed by atoms with van der Waals surface area (Å²) in [7, 11) is 0. The van der Waals surface area contributed by atoms with Crippen LogP contribution < -0.4 is 16.0 Å². The largest absolute Gasteiger partial charge is 0.480 e. The molecule has 0 saturated heterocycles. The molecule has 2 amide bonds. The van der Waals surface area contributed by atoms with E-state index in [9.17, 15) is 19.2 Å². The number of carbonyl (C=O) groups is 4. The minimum Gasteiger partial charge on any atom is -0.480 e. The smallest absolute Gasteiger partial charge is 0.326 e. The highest BCUT2D eigenvalue weighted by atomic mass is 35.5. The van der Waals surface area contributed by atoms with Gasteiger partial charge in [0, 0.05) is 17.7 Å². The number of amides is 2. The van der Waals surface area contributed by atoms with Crippen LogP contribution in [0.4, 0.5) is 0 Å². The molecule has 0 aromatic carbocycles. The van der Waals surface area contributed by atoms with Gasteiger partial charge in [-0.1, -0.05) is 23.2 Å². The zero-order chi connectivity index (χ0) is 18.7. The third-order valence-corrected chi connectivity index (χ3v) is 3.53. The van der Waals surface area contributed by atoms with Crippen LogP contribution in [0, 0.1) is 0 Å². The van der Waals surface area contributed by atoms with Gasteiger partial charge in [0.25, 0.3) is 0 Å². The quantitative estimate of drug-likeness (QED) is 0.206. The molecular weight excluding hydrogens is 385 g/mol. The molecule has 0 spiro atoms. The molecule has 24 heavy (non-hydrogen) atoms. The first-order valence-corrected chi connectivity index (χ1v) is 8.00. The number of halogens is 2. The Morgan fingerprint density at radius 2 is 1.75 bits per heavy atom. The van der Waals surface area contributed by atoms with Crippen molar-refractivity contribution < 1.29 is 29.4 Å². The van der Waals surface area contributed by atoms with Gasteiger partial charge in [-0.3, -0.25) is 14.4 Å². The Morgan fingerprint density at radius 1 is 1.12 bits per heavy atom. The third-order valence-electron chi connectivity index (χ3n) is 2.61. The molecule has 5 N–H and O–H groups in total. The van der Waals surface area contributed by atoms with Crippen molar-refractivity contribution >= 4 is 59.6 Å². The van der Waals surface area contributed by atoms with Gasteiger partial charge in [0.05, 0.1) is 0 Å². The van der Waals surface area contributed by atoms with E-state index in [0.29, 0.717) is 0 Å². The van der Waals surface area contributed by atoms with Crippen LogP contribution in [0.3, 0.4) is 0 Å². The van der Waals surface area contributed by atoms with Gasteiger partial charge in [0.15, 0.2) is 0 Å². The van der Waals surface area contributed by atoms with E-state index in [-0.39, 0.29) is 23.8 Å². The number of hydrogen-bond acceptors (Lipinski definition) is 6. The summed E-state index contributed by atoms with van der Waals surface area (Å²) >= 11 is 14.8. The molecule has 0 aliphatic carbocycles. The van der Waals surface area contributed by atoms with E-state index in [1.54, 1.807) is 0 Å². The number of carbonyl (C=O) groups excluding carboxylic acids is 2. The van der Waals surface area contributed by atoms with Gasteiger partial charge in [-0.15, -0.1) is 0 Å². The van der Waals surface area contributed by atoms with Crippen molar-refractivity contribution in [3.63, 3.8) is 0 Å². The minimum atomic E-state index is -1.23. The Morgan fingerprint density at radius 3 is 2.21 bits per heavy atom. The first kappa shape index (κ1) is 22.4. The number of rotatable bonds is 11. The lowest BCUT2D eigenvalue weighted by atomic mass is 10.1. The third kappa shape index (κ3) is 9.48. The van der Waals surface area contributed by atoms with Gasteiger partial charge in [0.1, 0.15) is 23.8 Å². The molecule has 0 aromatic rings. The Labute approximate surface area is 153 Å². The topological polar surface area (TPSA) is 145 Å². The molecule has 0 aliphatic rings. The normalized spacial score (nSPS) is 13.5. The van der Waals surface area contributed by atoms with Gasteiger partial charge in [0.2, 0.25) is 11.8 Å². The van der Waals surface area contributed by atoms with Crippen molar-refractivity contribution in [3.8, 4) is 0 Å². The molecule has 0 saturated carbocycles. The summed E-state index contributed by atoms with van der Waals surface area (Å²) in [5, 5.41) is 24.2. The predicted octanol–water partition coefficient (Wildman–Crippen LogP) is -0.299. The van der Waals surface area contributed by atoms with Crippen LogP contribution in [-0.2, 0) is 19.2 Å². The molecule has 2 atom stereocenters. The van der Waals surface area contributed by atoms with E-state index in [0.717, 1.165) is 5.54 Å². The highest BCUT2D eigenvalue weighted by Gasteiger charge is 2.22. The molecule has 0 aliphatic heterocycles. The molecule has 12 heteroatoms. The number of carboxylic acids is 2. The molecule has 136 valence electrons. The molecule has 0 heterocycles. The maximum atomic E-state index is 11.8. The first-order chi connectivity index (χ1) is 11.2. The zero-order valence-corrected chi connectivity index (χ0v) is 14.7. The molecule has 0 rings (SSSR count). The maximum Gasteiger partial charge on any atom is 0.326 e. The number of aliphatic carboxylic acids is 2. The van der Waals surface area contributed by atoms with Gasteiger partial charge < -0.3 is 26.2 Å². The van der Waals surface area contributed by atoms with Crippen molar-refractivity contribution in [2.45, 2.75) is 24.9 Å². The summed E-state index contributed by atoms with van der Waals surface area (Å²) in [4.78, 5) is 44.9. The summed E-state index contributed by atoms with van der Waals surface area (Å²) in [6, 6.07) is -2.18. The lowest BCUT2D eigenvalue weighted by Gasteiger charge is -2.17. The Balaban J connectivity index is 4.49. The van der Waals surface area contributed by atoms with Crippen LogP contribution in [-0.4, -0.2) is 58.3 Å². The van der Waals surface area contributed by atoms with Gasteiger partial charge in [-0.2, -0.15) is 12.6 Å². The summed E-state index contributed by atoms with van der Waals surface area (Å²) in [5.41, 5.74) is 0.946. The maximum absolute atomic E-state index is 11.8. The number of nitrogens with one attached hydrogen (secondary N) is 3.